The predicted molar refractivity (Wildman–Crippen MR) is 107 cm³/mol. The third-order valence-electron chi connectivity index (χ3n) is 4.08. The van der Waals surface area contributed by atoms with Crippen molar-refractivity contribution in [3.63, 3.8) is 0 Å². The molecule has 0 amide bonds. The number of Topliss-reactive ketones (excluding diaryl/α,β-unsaturated/α-hetero) is 1. The molecule has 0 bridgehead atoms. The zero-order valence-electron chi connectivity index (χ0n) is 15.9. The number of benzene rings is 2. The van der Waals surface area contributed by atoms with E-state index in [-0.39, 0.29) is 5.78 Å². The molecular formula is C21H22N2O5. The Morgan fingerprint density at radius 2 is 1.43 bits per heavy atom. The quantitative estimate of drug-likeness (QED) is 0.532. The van der Waals surface area contributed by atoms with E-state index in [1.807, 2.05) is 62.4 Å². The summed E-state index contributed by atoms with van der Waals surface area (Å²) in [6.45, 7) is 0.411. The standard InChI is InChI=1S/C19H20N2O.C2H2O4/c1-20(2)13-17(22)18-15-11-7-8-12-16(15)21(3)19(18)14-9-5-4-6-10-14;3-1(4)2(5)6/h4-12H,13H2,1-3H3;(H,3,4)(H,5,6). The molecule has 1 heterocycles. The first-order valence-electron chi connectivity index (χ1n) is 8.51. The van der Waals surface area contributed by atoms with E-state index < -0.39 is 11.9 Å². The Bertz CT molecular complexity index is 994. The van der Waals surface area contributed by atoms with Gasteiger partial charge in [0.1, 0.15) is 0 Å². The Kier molecular flexibility index (Phi) is 6.68. The summed E-state index contributed by atoms with van der Waals surface area (Å²) < 4.78 is 2.12. The average Bonchev–Trinajstić information content (AvgIpc) is 2.95. The molecule has 0 saturated carbocycles. The van der Waals surface area contributed by atoms with Crippen LogP contribution in [0, 0.1) is 0 Å². The van der Waals surface area contributed by atoms with E-state index in [0.717, 1.165) is 27.7 Å². The molecule has 0 unspecified atom stereocenters. The first-order valence-corrected chi connectivity index (χ1v) is 8.51. The molecule has 0 radical (unpaired) electrons. The summed E-state index contributed by atoms with van der Waals surface area (Å²) in [7, 11) is 5.87. The van der Waals surface area contributed by atoms with E-state index in [1.165, 1.54) is 0 Å². The van der Waals surface area contributed by atoms with Crippen LogP contribution in [-0.4, -0.2) is 58.0 Å². The summed E-state index contributed by atoms with van der Waals surface area (Å²) in [6.07, 6.45) is 0. The van der Waals surface area contributed by atoms with Gasteiger partial charge >= 0.3 is 11.9 Å². The Morgan fingerprint density at radius 3 is 1.96 bits per heavy atom. The minimum Gasteiger partial charge on any atom is -0.473 e. The number of nitrogens with zero attached hydrogens (tertiary/aromatic N) is 2. The van der Waals surface area contributed by atoms with Gasteiger partial charge in [0.15, 0.2) is 5.78 Å². The van der Waals surface area contributed by atoms with Crippen LogP contribution in [0.2, 0.25) is 0 Å². The number of hydrogen-bond acceptors (Lipinski definition) is 4. The van der Waals surface area contributed by atoms with Crippen molar-refractivity contribution in [2.45, 2.75) is 0 Å². The molecular weight excluding hydrogens is 360 g/mol. The van der Waals surface area contributed by atoms with Crippen LogP contribution in [0.25, 0.3) is 22.2 Å². The molecule has 7 heteroatoms. The molecule has 3 rings (SSSR count). The molecule has 0 fully saturated rings. The molecule has 146 valence electrons. The lowest BCUT2D eigenvalue weighted by Gasteiger charge is -2.11. The number of hydrogen-bond donors (Lipinski definition) is 2. The highest BCUT2D eigenvalue weighted by Gasteiger charge is 2.22. The van der Waals surface area contributed by atoms with Crippen LogP contribution in [-0.2, 0) is 16.6 Å². The molecule has 0 aliphatic heterocycles. The molecule has 0 saturated heterocycles. The number of carbonyl (C=O) groups is 3. The van der Waals surface area contributed by atoms with Gasteiger partial charge < -0.3 is 19.7 Å². The van der Waals surface area contributed by atoms with Gasteiger partial charge in [-0.2, -0.15) is 0 Å². The smallest absolute Gasteiger partial charge is 0.414 e. The van der Waals surface area contributed by atoms with E-state index in [4.69, 9.17) is 19.8 Å². The molecule has 0 atom stereocenters. The third kappa shape index (κ3) is 4.63. The maximum Gasteiger partial charge on any atom is 0.414 e. The summed E-state index contributed by atoms with van der Waals surface area (Å²) in [5.41, 5.74) is 3.97. The molecule has 2 N–H and O–H groups in total. The zero-order valence-corrected chi connectivity index (χ0v) is 15.9. The highest BCUT2D eigenvalue weighted by atomic mass is 16.4. The lowest BCUT2D eigenvalue weighted by atomic mass is 10.0. The molecule has 1 aromatic heterocycles. The number of para-hydroxylation sites is 1. The SMILES string of the molecule is CN(C)CC(=O)c1c(-c2ccccc2)n(C)c2ccccc12.O=C(O)C(=O)O. The van der Waals surface area contributed by atoms with E-state index in [2.05, 4.69) is 22.8 Å². The van der Waals surface area contributed by atoms with Gasteiger partial charge in [-0.25, -0.2) is 9.59 Å². The monoisotopic (exact) mass is 382 g/mol. The van der Waals surface area contributed by atoms with Crippen LogP contribution in [0.3, 0.4) is 0 Å². The minimum atomic E-state index is -1.82. The first-order chi connectivity index (χ1) is 13.2. The number of ketones is 1. The minimum absolute atomic E-state index is 0.153. The summed E-state index contributed by atoms with van der Waals surface area (Å²) in [5.74, 6) is -3.49. The van der Waals surface area contributed by atoms with Gasteiger partial charge in [0.25, 0.3) is 0 Å². The summed E-state index contributed by atoms with van der Waals surface area (Å²) in [5, 5.41) is 15.8. The van der Waals surface area contributed by atoms with Crippen LogP contribution in [0.5, 0.6) is 0 Å². The molecule has 7 nitrogen and oxygen atoms in total. The Hall–Kier alpha value is -3.45. The lowest BCUT2D eigenvalue weighted by molar-refractivity contribution is -0.159. The highest BCUT2D eigenvalue weighted by molar-refractivity contribution is 6.27. The van der Waals surface area contributed by atoms with Gasteiger partial charge in [0, 0.05) is 18.0 Å². The Labute approximate surface area is 162 Å². The van der Waals surface area contributed by atoms with Crippen molar-refractivity contribution >= 4 is 28.6 Å². The second-order valence-corrected chi connectivity index (χ2v) is 6.44. The van der Waals surface area contributed by atoms with Crippen molar-refractivity contribution in [1.82, 2.24) is 9.47 Å². The number of aryl methyl sites for hydroxylation is 1. The number of carboxylic acid groups (broad SMARTS) is 2. The molecule has 2 aromatic carbocycles. The Balaban J connectivity index is 0.000000409. The number of fused-ring (bicyclic) bond motifs is 1. The average molecular weight is 382 g/mol. The van der Waals surface area contributed by atoms with Crippen molar-refractivity contribution in [2.24, 2.45) is 7.05 Å². The highest BCUT2D eigenvalue weighted by Crippen LogP contribution is 2.33. The van der Waals surface area contributed by atoms with Crippen LogP contribution in [0.1, 0.15) is 10.4 Å². The Morgan fingerprint density at radius 1 is 0.893 bits per heavy atom. The normalized spacial score (nSPS) is 10.4. The van der Waals surface area contributed by atoms with E-state index >= 15 is 0 Å². The molecule has 0 aliphatic rings. The van der Waals surface area contributed by atoms with Gasteiger partial charge in [-0.1, -0.05) is 48.5 Å². The number of likely N-dealkylation sites (N-methyl/N-ethyl adjacent to an activating group) is 1. The van der Waals surface area contributed by atoms with Crippen LogP contribution in [0.15, 0.2) is 54.6 Å². The zero-order chi connectivity index (χ0) is 20.8. The number of carbonyl (C=O) groups excluding carboxylic acids is 1. The number of carboxylic acids is 2. The predicted octanol–water partition coefficient (Wildman–Crippen LogP) is 2.75. The molecule has 0 aliphatic carbocycles. The fourth-order valence-corrected chi connectivity index (χ4v) is 2.98. The van der Waals surface area contributed by atoms with E-state index in [9.17, 15) is 4.79 Å². The van der Waals surface area contributed by atoms with Gasteiger partial charge in [0.2, 0.25) is 0 Å². The topological polar surface area (TPSA) is 99.8 Å². The second-order valence-electron chi connectivity index (χ2n) is 6.44. The van der Waals surface area contributed by atoms with Gasteiger partial charge in [-0.15, -0.1) is 0 Å². The van der Waals surface area contributed by atoms with Crippen molar-refractivity contribution in [2.75, 3.05) is 20.6 Å². The summed E-state index contributed by atoms with van der Waals surface area (Å²) >= 11 is 0. The third-order valence-corrected chi connectivity index (χ3v) is 4.08. The van der Waals surface area contributed by atoms with Crippen LogP contribution < -0.4 is 0 Å². The van der Waals surface area contributed by atoms with E-state index in [1.54, 1.807) is 0 Å². The van der Waals surface area contributed by atoms with Gasteiger partial charge in [0.05, 0.1) is 17.8 Å². The summed E-state index contributed by atoms with van der Waals surface area (Å²) in [4.78, 5) is 32.9. The summed E-state index contributed by atoms with van der Waals surface area (Å²) in [6, 6.07) is 18.2. The first kappa shape index (κ1) is 20.9. The molecule has 0 spiro atoms. The van der Waals surface area contributed by atoms with Crippen molar-refractivity contribution in [3.8, 4) is 11.3 Å². The van der Waals surface area contributed by atoms with Crippen LogP contribution in [0.4, 0.5) is 0 Å². The fraction of sp³-hybridized carbons (Fsp3) is 0.190. The lowest BCUT2D eigenvalue weighted by Crippen LogP contribution is -2.22. The largest absolute Gasteiger partial charge is 0.473 e. The maximum absolute atomic E-state index is 12.8. The maximum atomic E-state index is 12.8. The number of rotatable bonds is 4. The molecule has 28 heavy (non-hydrogen) atoms. The van der Waals surface area contributed by atoms with Crippen LogP contribution >= 0.6 is 0 Å². The number of aromatic nitrogens is 1. The van der Waals surface area contributed by atoms with Gasteiger partial charge in [-0.05, 0) is 25.7 Å². The fourth-order valence-electron chi connectivity index (χ4n) is 2.98. The second kappa shape index (κ2) is 8.96. The van der Waals surface area contributed by atoms with Gasteiger partial charge in [-0.3, -0.25) is 4.79 Å². The number of aliphatic carboxylic acids is 2. The van der Waals surface area contributed by atoms with Crippen molar-refractivity contribution in [3.05, 3.63) is 60.2 Å². The van der Waals surface area contributed by atoms with Crippen molar-refractivity contribution in [1.29, 1.82) is 0 Å². The molecule has 3 aromatic rings. The van der Waals surface area contributed by atoms with E-state index in [0.29, 0.717) is 6.54 Å². The van der Waals surface area contributed by atoms with Crippen molar-refractivity contribution < 1.29 is 24.6 Å².